The van der Waals surface area contributed by atoms with Crippen molar-refractivity contribution < 1.29 is 4.74 Å². The zero-order valence-corrected chi connectivity index (χ0v) is 12.2. The maximum atomic E-state index is 5.45. The summed E-state index contributed by atoms with van der Waals surface area (Å²) >= 11 is 0. The van der Waals surface area contributed by atoms with Crippen molar-refractivity contribution in [1.82, 2.24) is 5.32 Å². The van der Waals surface area contributed by atoms with Gasteiger partial charge in [0.25, 0.3) is 0 Å². The first-order valence-corrected chi connectivity index (χ1v) is 6.15. The second-order valence-electron chi connectivity index (χ2n) is 5.45. The van der Waals surface area contributed by atoms with E-state index in [1.807, 2.05) is 7.05 Å². The first-order chi connectivity index (χ1) is 7.82. The Kier molecular flexibility index (Phi) is 4.21. The molecule has 0 aliphatic rings. The number of ether oxygens (including phenoxy) is 1. The van der Waals surface area contributed by atoms with E-state index in [1.165, 1.54) is 22.3 Å². The number of methoxy groups -OCH3 is 1. The topological polar surface area (TPSA) is 21.3 Å². The van der Waals surface area contributed by atoms with Gasteiger partial charge in [-0.2, -0.15) is 0 Å². The molecule has 1 N–H and O–H groups in total. The molecule has 0 saturated carbocycles. The van der Waals surface area contributed by atoms with Gasteiger partial charge in [-0.15, -0.1) is 0 Å². The SMILES string of the molecule is CNC(C)(C)Cc1cc(C)c(OC)c(C)c1C. The molecule has 0 fully saturated rings. The maximum Gasteiger partial charge on any atom is 0.124 e. The number of rotatable bonds is 4. The normalized spacial score (nSPS) is 11.7. The molecule has 96 valence electrons. The Labute approximate surface area is 105 Å². The highest BCUT2D eigenvalue weighted by molar-refractivity contribution is 5.49. The first kappa shape index (κ1) is 14.0. The molecule has 1 rings (SSSR count). The van der Waals surface area contributed by atoms with Crippen LogP contribution in [0.1, 0.15) is 36.1 Å². The van der Waals surface area contributed by atoms with Gasteiger partial charge in [0.05, 0.1) is 7.11 Å². The molecule has 0 radical (unpaired) electrons. The number of hydrogen-bond acceptors (Lipinski definition) is 2. The molecule has 0 aliphatic heterocycles. The summed E-state index contributed by atoms with van der Waals surface area (Å²) in [4.78, 5) is 0. The van der Waals surface area contributed by atoms with Crippen LogP contribution in [-0.4, -0.2) is 19.7 Å². The molecule has 2 nitrogen and oxygen atoms in total. The number of hydrogen-bond donors (Lipinski definition) is 1. The molecule has 0 saturated heterocycles. The average Bonchev–Trinajstić information content (AvgIpc) is 2.26. The van der Waals surface area contributed by atoms with Crippen molar-refractivity contribution >= 4 is 0 Å². The van der Waals surface area contributed by atoms with Gasteiger partial charge in [0, 0.05) is 5.54 Å². The van der Waals surface area contributed by atoms with Crippen LogP contribution in [0.25, 0.3) is 0 Å². The molecule has 0 aromatic heterocycles. The van der Waals surface area contributed by atoms with Gasteiger partial charge in [-0.05, 0) is 70.3 Å². The highest BCUT2D eigenvalue weighted by atomic mass is 16.5. The molecule has 0 unspecified atom stereocenters. The van der Waals surface area contributed by atoms with Crippen molar-refractivity contribution in [3.63, 3.8) is 0 Å². The number of benzene rings is 1. The summed E-state index contributed by atoms with van der Waals surface area (Å²) in [6, 6.07) is 2.25. The molecule has 2 heteroatoms. The first-order valence-electron chi connectivity index (χ1n) is 6.15. The predicted octanol–water partition coefficient (Wildman–Crippen LogP) is 3.16. The monoisotopic (exact) mass is 235 g/mol. The fourth-order valence-corrected chi connectivity index (χ4v) is 2.20. The molecule has 0 aliphatic carbocycles. The molecular weight excluding hydrogens is 210 g/mol. The number of aryl methyl sites for hydroxylation is 1. The van der Waals surface area contributed by atoms with Crippen molar-refractivity contribution in [3.05, 3.63) is 28.3 Å². The van der Waals surface area contributed by atoms with E-state index in [1.54, 1.807) is 7.11 Å². The standard InChI is InChI=1S/C15H25NO/c1-10-8-13(9-15(4,5)16-6)11(2)12(3)14(10)17-7/h8,16H,9H2,1-7H3. The summed E-state index contributed by atoms with van der Waals surface area (Å²) in [6.07, 6.45) is 1.03. The minimum absolute atomic E-state index is 0.123. The zero-order valence-electron chi connectivity index (χ0n) is 12.2. The lowest BCUT2D eigenvalue weighted by Gasteiger charge is -2.26. The second kappa shape index (κ2) is 5.09. The Morgan fingerprint density at radius 1 is 1.18 bits per heavy atom. The van der Waals surface area contributed by atoms with Gasteiger partial charge in [0.2, 0.25) is 0 Å². The fraction of sp³-hybridized carbons (Fsp3) is 0.600. The molecule has 0 bridgehead atoms. The van der Waals surface area contributed by atoms with Gasteiger partial charge in [0.15, 0.2) is 0 Å². The highest BCUT2D eigenvalue weighted by Crippen LogP contribution is 2.30. The molecule has 0 spiro atoms. The zero-order chi connectivity index (χ0) is 13.2. The maximum absolute atomic E-state index is 5.45. The van der Waals surface area contributed by atoms with E-state index in [0.29, 0.717) is 0 Å². The largest absolute Gasteiger partial charge is 0.496 e. The Hall–Kier alpha value is -1.02. The lowest BCUT2D eigenvalue weighted by molar-refractivity contribution is 0.405. The van der Waals surface area contributed by atoms with E-state index in [9.17, 15) is 0 Å². The quantitative estimate of drug-likeness (QED) is 0.865. The molecule has 1 aromatic carbocycles. The minimum atomic E-state index is 0.123. The third kappa shape index (κ3) is 3.01. The number of nitrogens with one attached hydrogen (secondary N) is 1. The Bertz CT molecular complexity index is 408. The van der Waals surface area contributed by atoms with Gasteiger partial charge in [0.1, 0.15) is 5.75 Å². The summed E-state index contributed by atoms with van der Waals surface area (Å²) < 4.78 is 5.45. The molecule has 0 heterocycles. The van der Waals surface area contributed by atoms with Gasteiger partial charge in [-0.3, -0.25) is 0 Å². The van der Waals surface area contributed by atoms with Gasteiger partial charge in [-0.1, -0.05) is 6.07 Å². The average molecular weight is 235 g/mol. The van der Waals surface area contributed by atoms with E-state index in [-0.39, 0.29) is 5.54 Å². The van der Waals surface area contributed by atoms with Crippen LogP contribution in [0.4, 0.5) is 0 Å². The second-order valence-corrected chi connectivity index (χ2v) is 5.45. The van der Waals surface area contributed by atoms with Crippen LogP contribution in [0, 0.1) is 20.8 Å². The van der Waals surface area contributed by atoms with E-state index in [4.69, 9.17) is 4.74 Å². The fourth-order valence-electron chi connectivity index (χ4n) is 2.20. The lowest BCUT2D eigenvalue weighted by Crippen LogP contribution is -2.38. The Morgan fingerprint density at radius 3 is 2.24 bits per heavy atom. The summed E-state index contributed by atoms with van der Waals surface area (Å²) in [7, 11) is 3.75. The van der Waals surface area contributed by atoms with Crippen molar-refractivity contribution in [2.75, 3.05) is 14.2 Å². The number of likely N-dealkylation sites (N-methyl/N-ethyl adjacent to an activating group) is 1. The van der Waals surface area contributed by atoms with Crippen LogP contribution in [0.15, 0.2) is 6.07 Å². The van der Waals surface area contributed by atoms with Crippen molar-refractivity contribution in [2.45, 2.75) is 46.6 Å². The van der Waals surface area contributed by atoms with Crippen LogP contribution in [0.2, 0.25) is 0 Å². The third-order valence-electron chi connectivity index (χ3n) is 3.65. The molecule has 0 atom stereocenters. The lowest BCUT2D eigenvalue weighted by atomic mass is 9.89. The molecule has 0 amide bonds. The van der Waals surface area contributed by atoms with E-state index >= 15 is 0 Å². The Balaban J connectivity index is 3.19. The van der Waals surface area contributed by atoms with Gasteiger partial charge < -0.3 is 10.1 Å². The smallest absolute Gasteiger partial charge is 0.124 e. The molecule has 1 aromatic rings. The molecule has 17 heavy (non-hydrogen) atoms. The minimum Gasteiger partial charge on any atom is -0.496 e. The van der Waals surface area contributed by atoms with Gasteiger partial charge in [-0.25, -0.2) is 0 Å². The highest BCUT2D eigenvalue weighted by Gasteiger charge is 2.19. The summed E-state index contributed by atoms with van der Waals surface area (Å²) in [5.74, 6) is 1.02. The van der Waals surface area contributed by atoms with Crippen LogP contribution in [-0.2, 0) is 6.42 Å². The third-order valence-corrected chi connectivity index (χ3v) is 3.65. The van der Waals surface area contributed by atoms with Crippen molar-refractivity contribution in [2.24, 2.45) is 0 Å². The van der Waals surface area contributed by atoms with Gasteiger partial charge >= 0.3 is 0 Å². The Morgan fingerprint density at radius 2 is 1.76 bits per heavy atom. The summed E-state index contributed by atoms with van der Waals surface area (Å²) in [6.45, 7) is 10.9. The van der Waals surface area contributed by atoms with E-state index < -0.39 is 0 Å². The summed E-state index contributed by atoms with van der Waals surface area (Å²) in [5.41, 5.74) is 5.35. The predicted molar refractivity (Wildman–Crippen MR) is 74.0 cm³/mol. The van der Waals surface area contributed by atoms with Crippen LogP contribution in [0.5, 0.6) is 5.75 Å². The van der Waals surface area contributed by atoms with Crippen molar-refractivity contribution in [3.8, 4) is 5.75 Å². The van der Waals surface area contributed by atoms with Crippen LogP contribution in [0.3, 0.4) is 0 Å². The summed E-state index contributed by atoms with van der Waals surface area (Å²) in [5, 5.41) is 3.35. The van der Waals surface area contributed by atoms with E-state index in [0.717, 1.165) is 12.2 Å². The van der Waals surface area contributed by atoms with Crippen LogP contribution >= 0.6 is 0 Å². The van der Waals surface area contributed by atoms with Crippen LogP contribution < -0.4 is 10.1 Å². The van der Waals surface area contributed by atoms with Crippen molar-refractivity contribution in [1.29, 1.82) is 0 Å². The van der Waals surface area contributed by atoms with E-state index in [2.05, 4.69) is 46.0 Å². The molecular formula is C15H25NO.